The van der Waals surface area contributed by atoms with E-state index in [1.165, 1.54) is 8.61 Å². The first-order valence-electron chi connectivity index (χ1n) is 12.4. The Kier molecular flexibility index (Phi) is 9.17. The van der Waals surface area contributed by atoms with Gasteiger partial charge in [-0.2, -0.15) is 8.61 Å². The van der Waals surface area contributed by atoms with Crippen LogP contribution in [0.5, 0.6) is 5.75 Å². The molecule has 12 heteroatoms. The number of carbonyl (C=O) groups excluding carboxylic acids is 1. The molecule has 0 bridgehead atoms. The zero-order chi connectivity index (χ0) is 26.5. The molecule has 2 aromatic rings. The summed E-state index contributed by atoms with van der Waals surface area (Å²) >= 11 is 1.55. The minimum absolute atomic E-state index is 0.114. The van der Waals surface area contributed by atoms with Gasteiger partial charge in [0.25, 0.3) is 0 Å². The average Bonchev–Trinajstić information content (AvgIpc) is 3.48. The molecule has 1 N–H and O–H groups in total. The van der Waals surface area contributed by atoms with Gasteiger partial charge in [-0.1, -0.05) is 0 Å². The molecule has 0 aromatic heterocycles. The van der Waals surface area contributed by atoms with E-state index in [0.717, 1.165) is 17.7 Å². The van der Waals surface area contributed by atoms with Crippen molar-refractivity contribution in [2.75, 3.05) is 45.6 Å². The van der Waals surface area contributed by atoms with Crippen molar-refractivity contribution in [3.05, 3.63) is 48.5 Å². The lowest BCUT2D eigenvalue weighted by atomic mass is 9.97. The number of rotatable bonds is 10. The van der Waals surface area contributed by atoms with E-state index in [-0.39, 0.29) is 28.2 Å². The molecule has 2 aliphatic heterocycles. The SMILES string of the molecule is CSc1ccc(S(=O)(=O)N2CCC(C(=O)NCCOc3ccc(S(=O)(=O)N4CCCC4)cc3)CC2)cc1. The van der Waals surface area contributed by atoms with Crippen molar-refractivity contribution in [2.45, 2.75) is 40.4 Å². The number of hydrogen-bond acceptors (Lipinski definition) is 7. The second-order valence-electron chi connectivity index (χ2n) is 9.08. The zero-order valence-electron chi connectivity index (χ0n) is 20.8. The van der Waals surface area contributed by atoms with Crippen LogP contribution in [0.15, 0.2) is 63.2 Å². The van der Waals surface area contributed by atoms with E-state index in [1.54, 1.807) is 60.3 Å². The third-order valence-corrected chi connectivity index (χ3v) is 11.3. The fourth-order valence-electron chi connectivity index (χ4n) is 4.53. The highest BCUT2D eigenvalue weighted by molar-refractivity contribution is 7.98. The van der Waals surface area contributed by atoms with Gasteiger partial charge in [0.15, 0.2) is 0 Å². The summed E-state index contributed by atoms with van der Waals surface area (Å²) in [7, 11) is -7.03. The van der Waals surface area contributed by atoms with Crippen molar-refractivity contribution in [1.29, 1.82) is 0 Å². The number of nitrogens with one attached hydrogen (secondary N) is 1. The molecule has 0 spiro atoms. The molecule has 1 amide bonds. The van der Waals surface area contributed by atoms with Gasteiger partial charge in [-0.3, -0.25) is 4.79 Å². The molecule has 0 saturated carbocycles. The van der Waals surface area contributed by atoms with Gasteiger partial charge >= 0.3 is 0 Å². The number of carbonyl (C=O) groups is 1. The van der Waals surface area contributed by atoms with Crippen LogP contribution in [0.4, 0.5) is 0 Å². The Morgan fingerprint density at radius 2 is 1.38 bits per heavy atom. The second kappa shape index (κ2) is 12.2. The Morgan fingerprint density at radius 1 is 0.865 bits per heavy atom. The molecule has 9 nitrogen and oxygen atoms in total. The molecule has 0 atom stereocenters. The van der Waals surface area contributed by atoms with Crippen LogP contribution in [0.25, 0.3) is 0 Å². The molecule has 37 heavy (non-hydrogen) atoms. The molecule has 2 aliphatic rings. The van der Waals surface area contributed by atoms with E-state index in [1.807, 2.05) is 6.26 Å². The van der Waals surface area contributed by atoms with E-state index < -0.39 is 20.0 Å². The van der Waals surface area contributed by atoms with Gasteiger partial charge in [0.1, 0.15) is 12.4 Å². The molecular formula is C25H33N3O6S3. The lowest BCUT2D eigenvalue weighted by molar-refractivity contribution is -0.126. The fourth-order valence-corrected chi connectivity index (χ4v) is 7.92. The van der Waals surface area contributed by atoms with Crippen molar-refractivity contribution in [3.63, 3.8) is 0 Å². The highest BCUT2D eigenvalue weighted by Crippen LogP contribution is 2.26. The summed E-state index contributed by atoms with van der Waals surface area (Å²) in [5, 5.41) is 2.86. The number of sulfonamides is 2. The van der Waals surface area contributed by atoms with Crippen molar-refractivity contribution in [3.8, 4) is 5.75 Å². The minimum atomic E-state index is -3.57. The Morgan fingerprint density at radius 3 is 1.92 bits per heavy atom. The Labute approximate surface area is 223 Å². The minimum Gasteiger partial charge on any atom is -0.492 e. The Balaban J connectivity index is 1.19. The maximum atomic E-state index is 12.9. The van der Waals surface area contributed by atoms with Gasteiger partial charge in [-0.15, -0.1) is 11.8 Å². The summed E-state index contributed by atoms with van der Waals surface area (Å²) in [4.78, 5) is 14.1. The van der Waals surface area contributed by atoms with Crippen LogP contribution < -0.4 is 10.1 Å². The second-order valence-corrected chi connectivity index (χ2v) is 13.8. The Hall–Kier alpha value is -2.12. The maximum Gasteiger partial charge on any atom is 0.243 e. The lowest BCUT2D eigenvalue weighted by Crippen LogP contribution is -2.43. The smallest absolute Gasteiger partial charge is 0.243 e. The standard InChI is InChI=1S/C25H33N3O6S3/c1-35-22-6-10-24(11-7-22)37(32,33)28-17-12-20(13-18-28)25(29)26-14-19-34-21-4-8-23(9-5-21)36(30,31)27-15-2-3-16-27/h4-11,20H,2-3,12-19H2,1H3,(H,26,29). The summed E-state index contributed by atoms with van der Waals surface area (Å²) in [6, 6.07) is 13.2. The molecule has 202 valence electrons. The molecule has 0 unspecified atom stereocenters. The third kappa shape index (κ3) is 6.66. The quantitative estimate of drug-likeness (QED) is 0.347. The van der Waals surface area contributed by atoms with Crippen LogP contribution in [-0.2, 0) is 24.8 Å². The molecule has 4 rings (SSSR count). The summed E-state index contributed by atoms with van der Waals surface area (Å²) < 4.78 is 59.6. The normalized spacial score (nSPS) is 18.1. The number of hydrogen-bond donors (Lipinski definition) is 1. The predicted octanol–water partition coefficient (Wildman–Crippen LogP) is 2.79. The number of nitrogens with zero attached hydrogens (tertiary/aromatic N) is 2. The van der Waals surface area contributed by atoms with Crippen LogP contribution in [0.3, 0.4) is 0 Å². The van der Waals surface area contributed by atoms with Crippen LogP contribution in [0, 0.1) is 5.92 Å². The highest BCUT2D eigenvalue weighted by Gasteiger charge is 2.32. The number of thioether (sulfide) groups is 1. The van der Waals surface area contributed by atoms with E-state index >= 15 is 0 Å². The van der Waals surface area contributed by atoms with Crippen LogP contribution in [0.2, 0.25) is 0 Å². The van der Waals surface area contributed by atoms with Crippen molar-refractivity contribution in [1.82, 2.24) is 13.9 Å². The number of benzene rings is 2. The van der Waals surface area contributed by atoms with Crippen molar-refractivity contribution < 1.29 is 26.4 Å². The first-order valence-corrected chi connectivity index (χ1v) is 16.5. The van der Waals surface area contributed by atoms with Crippen LogP contribution in [0.1, 0.15) is 25.7 Å². The van der Waals surface area contributed by atoms with Crippen molar-refractivity contribution in [2.24, 2.45) is 5.92 Å². The molecule has 0 radical (unpaired) electrons. The van der Waals surface area contributed by atoms with Crippen LogP contribution in [-0.4, -0.2) is 76.9 Å². The molecular weight excluding hydrogens is 534 g/mol. The molecule has 2 fully saturated rings. The molecule has 0 aliphatic carbocycles. The topological polar surface area (TPSA) is 113 Å². The van der Waals surface area contributed by atoms with Gasteiger partial charge in [0.05, 0.1) is 16.3 Å². The monoisotopic (exact) mass is 567 g/mol. The van der Waals surface area contributed by atoms with E-state index in [0.29, 0.717) is 51.3 Å². The number of ether oxygens (including phenoxy) is 1. The molecule has 2 heterocycles. The first kappa shape index (κ1) is 27.9. The largest absolute Gasteiger partial charge is 0.492 e. The predicted molar refractivity (Wildman–Crippen MR) is 143 cm³/mol. The number of piperidine rings is 1. The van der Waals surface area contributed by atoms with Gasteiger partial charge < -0.3 is 10.1 Å². The van der Waals surface area contributed by atoms with Crippen molar-refractivity contribution >= 4 is 37.7 Å². The van der Waals surface area contributed by atoms with Gasteiger partial charge in [0.2, 0.25) is 26.0 Å². The third-order valence-electron chi connectivity index (χ3n) is 6.72. The van der Waals surface area contributed by atoms with E-state index in [4.69, 9.17) is 4.74 Å². The zero-order valence-corrected chi connectivity index (χ0v) is 23.3. The van der Waals surface area contributed by atoms with Gasteiger partial charge in [-0.25, -0.2) is 16.8 Å². The lowest BCUT2D eigenvalue weighted by Gasteiger charge is -2.30. The van der Waals surface area contributed by atoms with E-state index in [2.05, 4.69) is 5.32 Å². The van der Waals surface area contributed by atoms with Gasteiger partial charge in [-0.05, 0) is 80.5 Å². The fraction of sp³-hybridized carbons (Fsp3) is 0.480. The van der Waals surface area contributed by atoms with Gasteiger partial charge in [0, 0.05) is 37.0 Å². The highest BCUT2D eigenvalue weighted by atomic mass is 32.2. The average molecular weight is 568 g/mol. The first-order chi connectivity index (χ1) is 17.7. The van der Waals surface area contributed by atoms with Crippen LogP contribution >= 0.6 is 11.8 Å². The Bertz CT molecular complexity index is 1270. The maximum absolute atomic E-state index is 12.9. The summed E-state index contributed by atoms with van der Waals surface area (Å²) in [6.07, 6.45) is 4.63. The summed E-state index contributed by atoms with van der Waals surface area (Å²) in [6.45, 7) is 2.25. The summed E-state index contributed by atoms with van der Waals surface area (Å²) in [5.41, 5.74) is 0. The number of amides is 1. The molecule has 2 saturated heterocycles. The summed E-state index contributed by atoms with van der Waals surface area (Å²) in [5.74, 6) is 0.163. The molecule has 2 aromatic carbocycles. The van der Waals surface area contributed by atoms with E-state index in [9.17, 15) is 21.6 Å².